The molecule has 0 saturated heterocycles. The first kappa shape index (κ1) is 12.5. The Balaban J connectivity index is 2.89. The van der Waals surface area contributed by atoms with Crippen LogP contribution < -0.4 is 5.73 Å². The van der Waals surface area contributed by atoms with Crippen LogP contribution in [0.5, 0.6) is 0 Å². The molecule has 0 saturated carbocycles. The fraction of sp³-hybridized carbons (Fsp3) is 0.455. The van der Waals surface area contributed by atoms with Crippen LogP contribution in [0, 0.1) is 6.92 Å². The smallest absolute Gasteiger partial charge is 0.105 e. The van der Waals surface area contributed by atoms with Crippen LogP contribution >= 0.6 is 15.9 Å². The number of hydrogen-bond donors (Lipinski definition) is 3. The van der Waals surface area contributed by atoms with E-state index < -0.39 is 12.2 Å². The van der Waals surface area contributed by atoms with E-state index in [0.29, 0.717) is 23.0 Å². The zero-order chi connectivity index (χ0) is 11.4. The third-order valence-electron chi connectivity index (χ3n) is 2.39. The van der Waals surface area contributed by atoms with Crippen molar-refractivity contribution in [3.8, 4) is 0 Å². The Bertz CT molecular complexity index is 330. The van der Waals surface area contributed by atoms with Crippen LogP contribution in [-0.2, 0) is 0 Å². The average molecular weight is 274 g/mol. The number of alkyl halides is 1. The second kappa shape index (κ2) is 5.49. The van der Waals surface area contributed by atoms with Gasteiger partial charge in [0, 0.05) is 11.0 Å². The molecule has 0 aromatic heterocycles. The standard InChI is InChI=1S/C11H16BrNO2/c1-7-2-3-8(13)6-9(7)11(15)10(14)4-5-12/h2-3,6,10-11,14-15H,4-5,13H2,1H3. The maximum Gasteiger partial charge on any atom is 0.105 e. The van der Waals surface area contributed by atoms with Gasteiger partial charge in [-0.25, -0.2) is 0 Å². The number of anilines is 1. The summed E-state index contributed by atoms with van der Waals surface area (Å²) in [5.74, 6) is 0. The lowest BCUT2D eigenvalue weighted by molar-refractivity contribution is 0.0170. The number of nitrogens with two attached hydrogens (primary N) is 1. The van der Waals surface area contributed by atoms with Crippen molar-refractivity contribution in [3.63, 3.8) is 0 Å². The highest BCUT2D eigenvalue weighted by molar-refractivity contribution is 9.09. The molecule has 0 aliphatic rings. The highest BCUT2D eigenvalue weighted by atomic mass is 79.9. The van der Waals surface area contributed by atoms with Crippen molar-refractivity contribution in [2.75, 3.05) is 11.1 Å². The number of aliphatic hydroxyl groups is 2. The second-order valence-electron chi connectivity index (χ2n) is 3.61. The molecule has 2 atom stereocenters. The molecular formula is C11H16BrNO2. The molecule has 4 heteroatoms. The van der Waals surface area contributed by atoms with Gasteiger partial charge in [0.2, 0.25) is 0 Å². The molecule has 0 bridgehead atoms. The van der Waals surface area contributed by atoms with E-state index in [4.69, 9.17) is 5.73 Å². The van der Waals surface area contributed by atoms with E-state index in [1.807, 2.05) is 13.0 Å². The zero-order valence-corrected chi connectivity index (χ0v) is 10.2. The molecule has 0 heterocycles. The first-order valence-corrected chi connectivity index (χ1v) is 5.96. The van der Waals surface area contributed by atoms with Crippen LogP contribution in [0.3, 0.4) is 0 Å². The summed E-state index contributed by atoms with van der Waals surface area (Å²) in [5, 5.41) is 20.2. The van der Waals surface area contributed by atoms with Crippen LogP contribution in [0.25, 0.3) is 0 Å². The van der Waals surface area contributed by atoms with E-state index in [1.54, 1.807) is 12.1 Å². The van der Waals surface area contributed by atoms with Crippen LogP contribution in [-0.4, -0.2) is 21.6 Å². The summed E-state index contributed by atoms with van der Waals surface area (Å²) >= 11 is 3.23. The van der Waals surface area contributed by atoms with Gasteiger partial charge in [-0.15, -0.1) is 0 Å². The summed E-state index contributed by atoms with van der Waals surface area (Å²) in [5.41, 5.74) is 7.87. The van der Waals surface area contributed by atoms with Crippen LogP contribution in [0.2, 0.25) is 0 Å². The highest BCUT2D eigenvalue weighted by Gasteiger charge is 2.19. The first-order chi connectivity index (χ1) is 7.06. The molecule has 3 nitrogen and oxygen atoms in total. The molecular weight excluding hydrogens is 258 g/mol. The van der Waals surface area contributed by atoms with Gasteiger partial charge in [-0.05, 0) is 36.6 Å². The first-order valence-electron chi connectivity index (χ1n) is 4.84. The minimum atomic E-state index is -0.869. The maximum atomic E-state index is 9.90. The monoisotopic (exact) mass is 273 g/mol. The third kappa shape index (κ3) is 3.19. The number of hydrogen-bond acceptors (Lipinski definition) is 3. The Hall–Kier alpha value is -0.580. The van der Waals surface area contributed by atoms with Crippen molar-refractivity contribution in [1.29, 1.82) is 0 Å². The lowest BCUT2D eigenvalue weighted by Gasteiger charge is -2.19. The molecule has 84 valence electrons. The molecule has 0 aliphatic heterocycles. The summed E-state index contributed by atoms with van der Waals surface area (Å²) in [6.07, 6.45) is -1.12. The lowest BCUT2D eigenvalue weighted by atomic mass is 9.98. The summed E-state index contributed by atoms with van der Waals surface area (Å²) in [7, 11) is 0. The van der Waals surface area contributed by atoms with Gasteiger partial charge in [0.05, 0.1) is 6.10 Å². The number of rotatable bonds is 4. The van der Waals surface area contributed by atoms with Crippen LogP contribution in [0.1, 0.15) is 23.7 Å². The summed E-state index contributed by atoms with van der Waals surface area (Å²) in [4.78, 5) is 0. The lowest BCUT2D eigenvalue weighted by Crippen LogP contribution is -2.19. The number of nitrogen functional groups attached to an aromatic ring is 1. The van der Waals surface area contributed by atoms with E-state index in [9.17, 15) is 10.2 Å². The van der Waals surface area contributed by atoms with Gasteiger partial charge in [0.1, 0.15) is 6.10 Å². The molecule has 0 aliphatic carbocycles. The number of aliphatic hydroxyl groups excluding tert-OH is 2. The Morgan fingerprint density at radius 3 is 2.67 bits per heavy atom. The molecule has 0 fully saturated rings. The van der Waals surface area contributed by atoms with E-state index in [1.165, 1.54) is 0 Å². The topological polar surface area (TPSA) is 66.5 Å². The van der Waals surface area contributed by atoms with Gasteiger partial charge >= 0.3 is 0 Å². The van der Waals surface area contributed by atoms with Gasteiger partial charge in [-0.1, -0.05) is 22.0 Å². The Labute approximate surface area is 98.1 Å². The Morgan fingerprint density at radius 1 is 1.40 bits per heavy atom. The maximum absolute atomic E-state index is 9.90. The zero-order valence-electron chi connectivity index (χ0n) is 8.65. The molecule has 4 N–H and O–H groups in total. The molecule has 1 rings (SSSR count). The number of benzene rings is 1. The van der Waals surface area contributed by atoms with E-state index >= 15 is 0 Å². The predicted molar refractivity (Wildman–Crippen MR) is 65.0 cm³/mol. The van der Waals surface area contributed by atoms with Crippen molar-refractivity contribution in [2.45, 2.75) is 25.6 Å². The second-order valence-corrected chi connectivity index (χ2v) is 4.40. The third-order valence-corrected chi connectivity index (χ3v) is 2.85. The minimum absolute atomic E-state index is 0.509. The molecule has 2 unspecified atom stereocenters. The average Bonchev–Trinajstić information content (AvgIpc) is 2.21. The predicted octanol–water partition coefficient (Wildman–Crippen LogP) is 1.76. The largest absolute Gasteiger partial charge is 0.399 e. The normalized spacial score (nSPS) is 14.9. The van der Waals surface area contributed by atoms with Crippen LogP contribution in [0.15, 0.2) is 18.2 Å². The fourth-order valence-electron chi connectivity index (χ4n) is 1.45. The fourth-order valence-corrected chi connectivity index (χ4v) is 1.92. The number of halogens is 1. The SMILES string of the molecule is Cc1ccc(N)cc1C(O)C(O)CCBr. The molecule has 15 heavy (non-hydrogen) atoms. The van der Waals surface area contributed by atoms with Crippen molar-refractivity contribution >= 4 is 21.6 Å². The van der Waals surface area contributed by atoms with Crippen molar-refractivity contribution in [2.24, 2.45) is 0 Å². The summed E-state index contributed by atoms with van der Waals surface area (Å²) in [6.45, 7) is 1.89. The van der Waals surface area contributed by atoms with Crippen molar-refractivity contribution in [1.82, 2.24) is 0 Å². The molecule has 1 aromatic carbocycles. The molecule has 0 amide bonds. The van der Waals surface area contributed by atoms with Gasteiger partial charge < -0.3 is 15.9 Å². The van der Waals surface area contributed by atoms with Gasteiger partial charge in [-0.2, -0.15) is 0 Å². The van der Waals surface area contributed by atoms with Gasteiger partial charge in [0.25, 0.3) is 0 Å². The van der Waals surface area contributed by atoms with E-state index in [2.05, 4.69) is 15.9 Å². The van der Waals surface area contributed by atoms with E-state index in [0.717, 1.165) is 5.56 Å². The van der Waals surface area contributed by atoms with Gasteiger partial charge in [0.15, 0.2) is 0 Å². The summed E-state index contributed by atoms with van der Waals surface area (Å²) < 4.78 is 0. The Morgan fingerprint density at radius 2 is 2.07 bits per heavy atom. The van der Waals surface area contributed by atoms with Crippen LogP contribution in [0.4, 0.5) is 5.69 Å². The van der Waals surface area contributed by atoms with Crippen molar-refractivity contribution < 1.29 is 10.2 Å². The molecule has 0 spiro atoms. The molecule has 0 radical (unpaired) electrons. The molecule has 1 aromatic rings. The van der Waals surface area contributed by atoms with E-state index in [-0.39, 0.29) is 0 Å². The number of aryl methyl sites for hydroxylation is 1. The minimum Gasteiger partial charge on any atom is -0.399 e. The quantitative estimate of drug-likeness (QED) is 0.579. The van der Waals surface area contributed by atoms with Crippen molar-refractivity contribution in [3.05, 3.63) is 29.3 Å². The highest BCUT2D eigenvalue weighted by Crippen LogP contribution is 2.24. The Kier molecular flexibility index (Phi) is 4.57. The summed E-state index contributed by atoms with van der Waals surface area (Å²) in [6, 6.07) is 5.33. The van der Waals surface area contributed by atoms with Gasteiger partial charge in [-0.3, -0.25) is 0 Å².